The fourth-order valence-electron chi connectivity index (χ4n) is 2.43. The van der Waals surface area contributed by atoms with Gasteiger partial charge in [0, 0.05) is 16.1 Å². The lowest BCUT2D eigenvalue weighted by Crippen LogP contribution is -2.17. The van der Waals surface area contributed by atoms with Crippen LogP contribution in [0.1, 0.15) is 54.9 Å². The van der Waals surface area contributed by atoms with Crippen LogP contribution in [0.2, 0.25) is 5.02 Å². The van der Waals surface area contributed by atoms with E-state index >= 15 is 0 Å². The standard InChI is InChI=1S/C21H25ClN2O2/c1-2-3-4-5-8-15-26-20-10-7-6-9-18(20)16-23-24-21(25)17-11-13-19(22)14-12-17/h6-7,9-14,16H,2-5,8,15H2,1H3,(H,24,25)/b23-16+. The van der Waals surface area contributed by atoms with Crippen LogP contribution >= 0.6 is 11.6 Å². The summed E-state index contributed by atoms with van der Waals surface area (Å²) in [5.74, 6) is 0.486. The van der Waals surface area contributed by atoms with Crippen molar-refractivity contribution in [1.29, 1.82) is 0 Å². The first-order valence-electron chi connectivity index (χ1n) is 9.01. The van der Waals surface area contributed by atoms with Gasteiger partial charge in [-0.25, -0.2) is 5.43 Å². The van der Waals surface area contributed by atoms with Gasteiger partial charge in [-0.05, 0) is 42.8 Å². The number of halogens is 1. The van der Waals surface area contributed by atoms with Crippen LogP contribution in [-0.2, 0) is 0 Å². The summed E-state index contributed by atoms with van der Waals surface area (Å²) in [7, 11) is 0. The Hall–Kier alpha value is -2.33. The predicted molar refractivity (Wildman–Crippen MR) is 107 cm³/mol. The maximum atomic E-state index is 12.0. The number of nitrogens with zero attached hydrogens (tertiary/aromatic N) is 1. The van der Waals surface area contributed by atoms with Gasteiger partial charge in [0.2, 0.25) is 0 Å². The molecule has 0 unspecified atom stereocenters. The van der Waals surface area contributed by atoms with Gasteiger partial charge in [0.05, 0.1) is 12.8 Å². The Bertz CT molecular complexity index is 714. The molecule has 5 heteroatoms. The van der Waals surface area contributed by atoms with E-state index in [1.807, 2.05) is 24.3 Å². The highest BCUT2D eigenvalue weighted by Crippen LogP contribution is 2.16. The molecule has 2 aromatic carbocycles. The van der Waals surface area contributed by atoms with Crippen LogP contribution in [-0.4, -0.2) is 18.7 Å². The van der Waals surface area contributed by atoms with E-state index in [0.29, 0.717) is 17.2 Å². The van der Waals surface area contributed by atoms with Gasteiger partial charge in [0.15, 0.2) is 0 Å². The summed E-state index contributed by atoms with van der Waals surface area (Å²) in [6.07, 6.45) is 7.58. The molecule has 1 amide bonds. The number of rotatable bonds is 10. The van der Waals surface area contributed by atoms with Gasteiger partial charge in [-0.15, -0.1) is 0 Å². The predicted octanol–water partition coefficient (Wildman–Crippen LogP) is 5.45. The molecule has 0 atom stereocenters. The van der Waals surface area contributed by atoms with Crippen LogP contribution < -0.4 is 10.2 Å². The van der Waals surface area contributed by atoms with Gasteiger partial charge in [0.1, 0.15) is 5.75 Å². The smallest absolute Gasteiger partial charge is 0.271 e. The molecule has 0 spiro atoms. The van der Waals surface area contributed by atoms with Gasteiger partial charge in [0.25, 0.3) is 5.91 Å². The normalized spacial score (nSPS) is 10.8. The van der Waals surface area contributed by atoms with Crippen LogP contribution in [0.25, 0.3) is 0 Å². The first kappa shape index (κ1) is 20.0. The number of amides is 1. The summed E-state index contributed by atoms with van der Waals surface area (Å²) >= 11 is 5.82. The maximum absolute atomic E-state index is 12.0. The molecule has 0 saturated heterocycles. The number of hydrogen-bond donors (Lipinski definition) is 1. The lowest BCUT2D eigenvalue weighted by molar-refractivity contribution is 0.0955. The maximum Gasteiger partial charge on any atom is 0.271 e. The van der Waals surface area contributed by atoms with E-state index in [-0.39, 0.29) is 5.91 Å². The van der Waals surface area contributed by atoms with E-state index in [9.17, 15) is 4.79 Å². The molecule has 26 heavy (non-hydrogen) atoms. The number of para-hydroxylation sites is 1. The highest BCUT2D eigenvalue weighted by atomic mass is 35.5. The Labute approximate surface area is 160 Å². The zero-order valence-corrected chi connectivity index (χ0v) is 15.8. The average molecular weight is 373 g/mol. The second-order valence-electron chi connectivity index (χ2n) is 6.01. The average Bonchev–Trinajstić information content (AvgIpc) is 2.66. The third-order valence-corrected chi connectivity index (χ3v) is 4.15. The van der Waals surface area contributed by atoms with Crippen molar-refractivity contribution >= 4 is 23.7 Å². The van der Waals surface area contributed by atoms with Crippen molar-refractivity contribution in [3.05, 3.63) is 64.7 Å². The summed E-state index contributed by atoms with van der Waals surface area (Å²) < 4.78 is 5.85. The van der Waals surface area contributed by atoms with Gasteiger partial charge >= 0.3 is 0 Å². The van der Waals surface area contributed by atoms with Crippen molar-refractivity contribution in [1.82, 2.24) is 5.43 Å². The zero-order valence-electron chi connectivity index (χ0n) is 15.1. The molecule has 0 aliphatic carbocycles. The number of nitrogens with one attached hydrogen (secondary N) is 1. The van der Waals surface area contributed by atoms with Gasteiger partial charge in [-0.2, -0.15) is 5.10 Å². The van der Waals surface area contributed by atoms with E-state index in [1.165, 1.54) is 25.7 Å². The number of unbranched alkanes of at least 4 members (excludes halogenated alkanes) is 4. The Morgan fingerprint density at radius 1 is 1.08 bits per heavy atom. The van der Waals surface area contributed by atoms with E-state index in [4.69, 9.17) is 16.3 Å². The van der Waals surface area contributed by atoms with Crippen LogP contribution in [0.5, 0.6) is 5.75 Å². The molecule has 4 nitrogen and oxygen atoms in total. The summed E-state index contributed by atoms with van der Waals surface area (Å²) in [5, 5.41) is 4.62. The third kappa shape index (κ3) is 6.89. The third-order valence-electron chi connectivity index (χ3n) is 3.90. The molecule has 2 rings (SSSR count). The summed E-state index contributed by atoms with van der Waals surface area (Å²) in [5.41, 5.74) is 3.85. The summed E-state index contributed by atoms with van der Waals surface area (Å²) in [4.78, 5) is 12.0. The van der Waals surface area contributed by atoms with Crippen molar-refractivity contribution in [2.45, 2.75) is 39.0 Å². The van der Waals surface area contributed by atoms with Crippen molar-refractivity contribution in [3.63, 3.8) is 0 Å². The molecule has 138 valence electrons. The molecule has 0 aliphatic heterocycles. The summed E-state index contributed by atoms with van der Waals surface area (Å²) in [6.45, 7) is 2.89. The molecule has 0 aromatic heterocycles. The molecule has 0 bridgehead atoms. The van der Waals surface area contributed by atoms with Crippen LogP contribution in [0.15, 0.2) is 53.6 Å². The van der Waals surface area contributed by atoms with E-state index < -0.39 is 0 Å². The van der Waals surface area contributed by atoms with E-state index in [0.717, 1.165) is 17.7 Å². The Balaban J connectivity index is 1.85. The molecule has 2 aromatic rings. The lowest BCUT2D eigenvalue weighted by atomic mass is 10.2. The van der Waals surface area contributed by atoms with Crippen molar-refractivity contribution in [2.24, 2.45) is 5.10 Å². The number of hydrogen-bond acceptors (Lipinski definition) is 3. The largest absolute Gasteiger partial charge is 0.493 e. The molecule has 0 fully saturated rings. The molecular weight excluding hydrogens is 348 g/mol. The number of ether oxygens (including phenoxy) is 1. The minimum absolute atomic E-state index is 0.285. The Morgan fingerprint density at radius 2 is 1.81 bits per heavy atom. The van der Waals surface area contributed by atoms with Crippen LogP contribution in [0.3, 0.4) is 0 Å². The monoisotopic (exact) mass is 372 g/mol. The first-order valence-corrected chi connectivity index (χ1v) is 9.39. The molecular formula is C21H25ClN2O2. The first-order chi connectivity index (χ1) is 12.7. The fourth-order valence-corrected chi connectivity index (χ4v) is 2.56. The minimum atomic E-state index is -0.285. The molecule has 0 heterocycles. The number of hydrazone groups is 1. The topological polar surface area (TPSA) is 50.7 Å². The fraction of sp³-hybridized carbons (Fsp3) is 0.333. The number of carbonyl (C=O) groups is 1. The van der Waals surface area contributed by atoms with E-state index in [2.05, 4.69) is 17.5 Å². The van der Waals surface area contributed by atoms with Crippen LogP contribution in [0, 0.1) is 0 Å². The Morgan fingerprint density at radius 3 is 2.58 bits per heavy atom. The summed E-state index contributed by atoms with van der Waals surface area (Å²) in [6, 6.07) is 14.3. The SMILES string of the molecule is CCCCCCCOc1ccccc1/C=N/NC(=O)c1ccc(Cl)cc1. The highest BCUT2D eigenvalue weighted by molar-refractivity contribution is 6.30. The molecule has 0 saturated carbocycles. The zero-order chi connectivity index (χ0) is 18.6. The van der Waals surface area contributed by atoms with Gasteiger partial charge in [-0.1, -0.05) is 56.3 Å². The van der Waals surface area contributed by atoms with Gasteiger partial charge in [-0.3, -0.25) is 4.79 Å². The highest BCUT2D eigenvalue weighted by Gasteiger charge is 2.04. The molecule has 1 N–H and O–H groups in total. The van der Waals surface area contributed by atoms with Crippen LogP contribution in [0.4, 0.5) is 0 Å². The lowest BCUT2D eigenvalue weighted by Gasteiger charge is -2.08. The quantitative estimate of drug-likeness (QED) is 0.342. The number of benzene rings is 2. The van der Waals surface area contributed by atoms with Crippen molar-refractivity contribution in [3.8, 4) is 5.75 Å². The van der Waals surface area contributed by atoms with E-state index in [1.54, 1.807) is 30.5 Å². The second kappa shape index (κ2) is 11.3. The number of carbonyl (C=O) groups excluding carboxylic acids is 1. The van der Waals surface area contributed by atoms with Gasteiger partial charge < -0.3 is 4.74 Å². The van der Waals surface area contributed by atoms with Crippen molar-refractivity contribution in [2.75, 3.05) is 6.61 Å². The minimum Gasteiger partial charge on any atom is -0.493 e. The van der Waals surface area contributed by atoms with Crippen molar-refractivity contribution < 1.29 is 9.53 Å². The Kier molecular flexibility index (Phi) is 8.70. The molecule has 0 radical (unpaired) electrons. The molecule has 0 aliphatic rings. The second-order valence-corrected chi connectivity index (χ2v) is 6.44.